The van der Waals surface area contributed by atoms with Gasteiger partial charge in [-0.15, -0.1) is 0 Å². The zero-order valence-electron chi connectivity index (χ0n) is 12.9. The van der Waals surface area contributed by atoms with Crippen LogP contribution in [-0.2, 0) is 0 Å². The molecule has 2 amide bonds. The van der Waals surface area contributed by atoms with E-state index in [0.29, 0.717) is 16.5 Å². The molecule has 0 saturated heterocycles. The van der Waals surface area contributed by atoms with Gasteiger partial charge in [-0.3, -0.25) is 25.2 Å². The third kappa shape index (κ3) is 2.89. The molecule has 0 fully saturated rings. The van der Waals surface area contributed by atoms with Crippen LogP contribution in [0.15, 0.2) is 59.5 Å². The van der Waals surface area contributed by atoms with E-state index in [0.717, 1.165) is 5.56 Å². The van der Waals surface area contributed by atoms with E-state index in [4.69, 9.17) is 0 Å². The molecule has 1 heterocycles. The lowest BCUT2D eigenvalue weighted by molar-refractivity contribution is 0.0846. The summed E-state index contributed by atoms with van der Waals surface area (Å²) in [5, 5.41) is 0.428. The molecule has 120 valence electrons. The van der Waals surface area contributed by atoms with E-state index in [-0.39, 0.29) is 11.0 Å². The first-order valence-corrected chi connectivity index (χ1v) is 7.34. The van der Waals surface area contributed by atoms with Gasteiger partial charge in [0.1, 0.15) is 5.56 Å². The number of aromatic nitrogens is 1. The smallest absolute Gasteiger partial charge is 0.275 e. The van der Waals surface area contributed by atoms with Crippen LogP contribution in [0, 0.1) is 6.92 Å². The summed E-state index contributed by atoms with van der Waals surface area (Å²) in [6, 6.07) is 13.7. The average molecular weight is 321 g/mol. The van der Waals surface area contributed by atoms with Gasteiger partial charge in [0.25, 0.3) is 11.8 Å². The molecule has 0 radical (unpaired) electrons. The summed E-state index contributed by atoms with van der Waals surface area (Å²) < 4.78 is 0. The molecule has 0 spiro atoms. The number of benzene rings is 2. The Balaban J connectivity index is 1.81. The summed E-state index contributed by atoms with van der Waals surface area (Å²) in [5.74, 6) is -1.14. The minimum absolute atomic E-state index is 0.0681. The van der Waals surface area contributed by atoms with E-state index >= 15 is 0 Å². The van der Waals surface area contributed by atoms with Gasteiger partial charge in [-0.1, -0.05) is 30.3 Å². The highest BCUT2D eigenvalue weighted by atomic mass is 16.2. The highest BCUT2D eigenvalue weighted by Crippen LogP contribution is 2.12. The summed E-state index contributed by atoms with van der Waals surface area (Å²) in [7, 11) is 0. The Bertz CT molecular complexity index is 978. The molecule has 0 bridgehead atoms. The second-order valence-corrected chi connectivity index (χ2v) is 5.30. The molecule has 3 rings (SSSR count). The molecule has 2 aromatic carbocycles. The van der Waals surface area contributed by atoms with Crippen LogP contribution in [0.25, 0.3) is 10.9 Å². The van der Waals surface area contributed by atoms with Crippen LogP contribution in [-0.4, -0.2) is 16.8 Å². The van der Waals surface area contributed by atoms with Gasteiger partial charge in [0.2, 0.25) is 5.43 Å². The quantitative estimate of drug-likeness (QED) is 0.630. The van der Waals surface area contributed by atoms with Gasteiger partial charge in [0, 0.05) is 17.1 Å². The number of aromatic amines is 1. The van der Waals surface area contributed by atoms with E-state index < -0.39 is 11.8 Å². The molecule has 0 aliphatic heterocycles. The fourth-order valence-corrected chi connectivity index (χ4v) is 2.41. The van der Waals surface area contributed by atoms with E-state index in [9.17, 15) is 14.4 Å². The molecule has 0 unspecified atom stereocenters. The monoisotopic (exact) mass is 321 g/mol. The number of rotatable bonds is 2. The number of H-pyrrole nitrogens is 1. The Hall–Kier alpha value is -3.41. The molecule has 3 N–H and O–H groups in total. The molecule has 6 heteroatoms. The topological polar surface area (TPSA) is 91.1 Å². The molecule has 0 saturated carbocycles. The van der Waals surface area contributed by atoms with Gasteiger partial charge < -0.3 is 4.98 Å². The fraction of sp³-hybridized carbons (Fsp3) is 0.0556. The Morgan fingerprint density at radius 3 is 2.38 bits per heavy atom. The van der Waals surface area contributed by atoms with Gasteiger partial charge in [-0.25, -0.2) is 0 Å². The van der Waals surface area contributed by atoms with Crippen molar-refractivity contribution in [3.63, 3.8) is 0 Å². The Labute approximate surface area is 137 Å². The molecule has 6 nitrogen and oxygen atoms in total. The Morgan fingerprint density at radius 2 is 1.62 bits per heavy atom. The maximum absolute atomic E-state index is 12.4. The standard InChI is InChI=1S/C18H15N3O3/c1-11-6-5-9-13-15(11)19-10-14(16(13)22)18(24)21-20-17(23)12-7-3-2-4-8-12/h2-10H,1H3,(H,19,22)(H,20,23)(H,21,24). The summed E-state index contributed by atoms with van der Waals surface area (Å²) in [4.78, 5) is 39.5. The van der Waals surface area contributed by atoms with Gasteiger partial charge in [-0.05, 0) is 30.7 Å². The minimum atomic E-state index is -0.677. The maximum atomic E-state index is 12.4. The maximum Gasteiger partial charge on any atom is 0.275 e. The number of hydrogen-bond acceptors (Lipinski definition) is 3. The lowest BCUT2D eigenvalue weighted by Crippen LogP contribution is -2.43. The molecule has 0 aliphatic carbocycles. The van der Waals surface area contributed by atoms with Crippen molar-refractivity contribution < 1.29 is 9.59 Å². The number of carbonyl (C=O) groups excluding carboxylic acids is 2. The van der Waals surface area contributed by atoms with Gasteiger partial charge in [-0.2, -0.15) is 0 Å². The first-order chi connectivity index (χ1) is 11.6. The number of hydrogen-bond donors (Lipinski definition) is 3. The van der Waals surface area contributed by atoms with Crippen molar-refractivity contribution in [3.8, 4) is 0 Å². The first-order valence-electron chi connectivity index (χ1n) is 7.34. The molecule has 3 aromatic rings. The number of aryl methyl sites for hydroxylation is 1. The van der Waals surface area contributed by atoms with Crippen molar-refractivity contribution in [1.29, 1.82) is 0 Å². The Morgan fingerprint density at radius 1 is 0.917 bits per heavy atom. The second-order valence-electron chi connectivity index (χ2n) is 5.30. The lowest BCUT2D eigenvalue weighted by Gasteiger charge is -2.08. The number of hydrazine groups is 1. The number of carbonyl (C=O) groups is 2. The number of pyridine rings is 1. The Kier molecular flexibility index (Phi) is 4.11. The lowest BCUT2D eigenvalue weighted by atomic mass is 10.1. The molecular formula is C18H15N3O3. The van der Waals surface area contributed by atoms with Crippen molar-refractivity contribution in [2.24, 2.45) is 0 Å². The highest BCUT2D eigenvalue weighted by molar-refractivity contribution is 6.00. The van der Waals surface area contributed by atoms with E-state index in [1.54, 1.807) is 42.5 Å². The predicted molar refractivity (Wildman–Crippen MR) is 90.7 cm³/mol. The largest absolute Gasteiger partial charge is 0.360 e. The van der Waals surface area contributed by atoms with Crippen molar-refractivity contribution in [1.82, 2.24) is 15.8 Å². The van der Waals surface area contributed by atoms with Crippen LogP contribution in [0.4, 0.5) is 0 Å². The second kappa shape index (κ2) is 6.37. The normalized spacial score (nSPS) is 10.4. The molecule has 1 aromatic heterocycles. The van der Waals surface area contributed by atoms with Crippen LogP contribution in [0.1, 0.15) is 26.3 Å². The molecule has 24 heavy (non-hydrogen) atoms. The van der Waals surface area contributed by atoms with E-state index in [1.807, 2.05) is 13.0 Å². The molecule has 0 atom stereocenters. The van der Waals surface area contributed by atoms with Crippen LogP contribution >= 0.6 is 0 Å². The van der Waals surface area contributed by atoms with E-state index in [2.05, 4.69) is 15.8 Å². The number of amides is 2. The van der Waals surface area contributed by atoms with Crippen molar-refractivity contribution in [2.45, 2.75) is 6.92 Å². The third-order valence-electron chi connectivity index (χ3n) is 3.69. The predicted octanol–water partition coefficient (Wildman–Crippen LogP) is 1.91. The highest BCUT2D eigenvalue weighted by Gasteiger charge is 2.14. The van der Waals surface area contributed by atoms with Gasteiger partial charge in [0.05, 0.1) is 5.52 Å². The number of para-hydroxylation sites is 1. The zero-order valence-corrected chi connectivity index (χ0v) is 12.9. The van der Waals surface area contributed by atoms with Crippen LogP contribution in [0.3, 0.4) is 0 Å². The van der Waals surface area contributed by atoms with Crippen molar-refractivity contribution >= 4 is 22.7 Å². The number of fused-ring (bicyclic) bond motifs is 1. The molecular weight excluding hydrogens is 306 g/mol. The summed E-state index contributed by atoms with van der Waals surface area (Å²) >= 11 is 0. The van der Waals surface area contributed by atoms with Crippen LogP contribution < -0.4 is 16.3 Å². The summed E-state index contributed by atoms with van der Waals surface area (Å²) in [5.41, 5.74) is 6.10. The van der Waals surface area contributed by atoms with Crippen molar-refractivity contribution in [2.75, 3.05) is 0 Å². The van der Waals surface area contributed by atoms with Crippen molar-refractivity contribution in [3.05, 3.63) is 81.6 Å². The first kappa shape index (κ1) is 15.5. The van der Waals surface area contributed by atoms with Gasteiger partial charge in [0.15, 0.2) is 0 Å². The zero-order chi connectivity index (χ0) is 17.1. The van der Waals surface area contributed by atoms with Gasteiger partial charge >= 0.3 is 0 Å². The SMILES string of the molecule is Cc1cccc2c(=O)c(C(=O)NNC(=O)c3ccccc3)c[nH]c12. The minimum Gasteiger partial charge on any atom is -0.360 e. The fourth-order valence-electron chi connectivity index (χ4n) is 2.41. The van der Waals surface area contributed by atoms with Crippen LogP contribution in [0.5, 0.6) is 0 Å². The third-order valence-corrected chi connectivity index (χ3v) is 3.69. The van der Waals surface area contributed by atoms with Crippen LogP contribution in [0.2, 0.25) is 0 Å². The molecule has 0 aliphatic rings. The number of nitrogens with one attached hydrogen (secondary N) is 3. The average Bonchev–Trinajstić information content (AvgIpc) is 2.61. The van der Waals surface area contributed by atoms with E-state index in [1.165, 1.54) is 6.20 Å². The summed E-state index contributed by atoms with van der Waals surface area (Å²) in [6.45, 7) is 1.87. The summed E-state index contributed by atoms with van der Waals surface area (Å²) in [6.07, 6.45) is 1.35.